The maximum atomic E-state index is 5.52. The smallest absolute Gasteiger partial charge is 0.505 e. The maximum Gasteiger partial charge on any atom is 3.00 e. The van der Waals surface area contributed by atoms with Crippen LogP contribution in [0, 0.1) is 14.9 Å². The molecule has 0 amide bonds. The number of hydrogen-bond acceptors (Lipinski definition) is 3. The van der Waals surface area contributed by atoms with Crippen molar-refractivity contribution in [2.45, 2.75) is 0 Å². The Hall–Kier alpha value is -1.41. The third kappa shape index (κ3) is 3.17. The van der Waals surface area contributed by atoms with E-state index < -0.39 is 0 Å². The SMILES string of the molecule is COc1ccc2c(c1)[cH-]c1ccc(OC)c(OC)c12.[CH3-].[CH3-].[Zr+3]. The van der Waals surface area contributed by atoms with E-state index in [0.29, 0.717) is 0 Å². The summed E-state index contributed by atoms with van der Waals surface area (Å²) in [5.74, 6) is 2.38. The fraction of sp³-hybridized carbons (Fsp3) is 0.167. The predicted octanol–water partition coefficient (Wildman–Crippen LogP) is 4.64. The van der Waals surface area contributed by atoms with Gasteiger partial charge in [0.2, 0.25) is 0 Å². The third-order valence-electron chi connectivity index (χ3n) is 3.42. The van der Waals surface area contributed by atoms with Crippen LogP contribution in [0.25, 0.3) is 21.5 Å². The molecule has 0 N–H and O–H groups in total. The summed E-state index contributed by atoms with van der Waals surface area (Å²) in [5, 5.41) is 4.51. The van der Waals surface area contributed by atoms with Gasteiger partial charge in [-0.25, -0.2) is 0 Å². The number of rotatable bonds is 3. The monoisotopic (exact) mass is 375 g/mol. The van der Waals surface area contributed by atoms with Crippen LogP contribution in [-0.2, 0) is 26.2 Å². The average molecular weight is 377 g/mol. The van der Waals surface area contributed by atoms with E-state index in [1.165, 1.54) is 0 Å². The number of hydrogen-bond donors (Lipinski definition) is 0. The molecule has 1 radical (unpaired) electrons. The Morgan fingerprint density at radius 1 is 0.818 bits per heavy atom. The summed E-state index contributed by atoms with van der Waals surface area (Å²) in [6.45, 7) is 0. The summed E-state index contributed by atoms with van der Waals surface area (Å²) in [6.07, 6.45) is 0. The van der Waals surface area contributed by atoms with Crippen LogP contribution in [0.1, 0.15) is 0 Å². The summed E-state index contributed by atoms with van der Waals surface area (Å²) in [6, 6.07) is 12.1. The fourth-order valence-electron chi connectivity index (χ4n) is 2.52. The van der Waals surface area contributed by atoms with Crippen molar-refractivity contribution >= 4 is 21.5 Å². The Labute approximate surface area is 151 Å². The summed E-state index contributed by atoms with van der Waals surface area (Å²) < 4.78 is 16.1. The molecule has 0 saturated heterocycles. The Morgan fingerprint density at radius 2 is 1.55 bits per heavy atom. The maximum absolute atomic E-state index is 5.52. The van der Waals surface area contributed by atoms with Gasteiger partial charge in [0.25, 0.3) is 0 Å². The molecular weight excluding hydrogens is 355 g/mol. The fourth-order valence-corrected chi connectivity index (χ4v) is 2.52. The molecule has 3 aromatic carbocycles. The van der Waals surface area contributed by atoms with Gasteiger partial charge < -0.3 is 29.1 Å². The van der Waals surface area contributed by atoms with Gasteiger partial charge in [0, 0.05) is 0 Å². The van der Waals surface area contributed by atoms with Gasteiger partial charge in [0.1, 0.15) is 11.5 Å². The molecule has 0 atom stereocenters. The van der Waals surface area contributed by atoms with Crippen molar-refractivity contribution < 1.29 is 40.4 Å². The van der Waals surface area contributed by atoms with E-state index in [1.807, 2.05) is 24.3 Å². The molecule has 3 nitrogen and oxygen atoms in total. The van der Waals surface area contributed by atoms with Crippen molar-refractivity contribution in [2.75, 3.05) is 21.3 Å². The van der Waals surface area contributed by atoms with Gasteiger partial charge in [-0.1, -0.05) is 17.5 Å². The van der Waals surface area contributed by atoms with Crippen molar-refractivity contribution in [3.63, 3.8) is 0 Å². The molecule has 0 fully saturated rings. The molecule has 0 aromatic heterocycles. The first-order valence-corrected chi connectivity index (χ1v) is 6.06. The van der Waals surface area contributed by atoms with E-state index in [4.69, 9.17) is 14.2 Å². The minimum atomic E-state index is 0. The van der Waals surface area contributed by atoms with Gasteiger partial charge in [-0.05, 0) is 12.1 Å². The van der Waals surface area contributed by atoms with Crippen LogP contribution in [0.3, 0.4) is 0 Å². The minimum absolute atomic E-state index is 0. The van der Waals surface area contributed by atoms with E-state index in [-0.39, 0.29) is 41.1 Å². The van der Waals surface area contributed by atoms with E-state index in [1.54, 1.807) is 21.3 Å². The molecule has 115 valence electrons. The van der Waals surface area contributed by atoms with Crippen LogP contribution in [-0.4, -0.2) is 21.3 Å². The van der Waals surface area contributed by atoms with Crippen LogP contribution < -0.4 is 14.2 Å². The van der Waals surface area contributed by atoms with Crippen LogP contribution in [0.15, 0.2) is 36.4 Å². The molecule has 0 spiro atoms. The second kappa shape index (κ2) is 8.28. The second-order valence-corrected chi connectivity index (χ2v) is 4.36. The molecule has 4 heteroatoms. The Bertz CT molecular complexity index is 746. The first-order valence-electron chi connectivity index (χ1n) is 6.06. The zero-order valence-electron chi connectivity index (χ0n) is 13.7. The molecule has 0 aliphatic heterocycles. The van der Waals surface area contributed by atoms with Gasteiger partial charge in [-0.15, -0.1) is 28.3 Å². The Morgan fingerprint density at radius 3 is 2.14 bits per heavy atom. The molecule has 0 unspecified atom stereocenters. The van der Waals surface area contributed by atoms with E-state index in [9.17, 15) is 0 Å². The average Bonchev–Trinajstić information content (AvgIpc) is 2.83. The van der Waals surface area contributed by atoms with Gasteiger partial charge in [-0.3, -0.25) is 0 Å². The molecular formula is C18H21O3Zr. The summed E-state index contributed by atoms with van der Waals surface area (Å²) in [5.41, 5.74) is 0. The third-order valence-corrected chi connectivity index (χ3v) is 3.42. The van der Waals surface area contributed by atoms with Crippen LogP contribution >= 0.6 is 0 Å². The summed E-state index contributed by atoms with van der Waals surface area (Å²) >= 11 is 0. The van der Waals surface area contributed by atoms with E-state index >= 15 is 0 Å². The molecule has 0 heterocycles. The number of ether oxygens (including phenoxy) is 3. The normalized spacial score (nSPS) is 9.41. The molecule has 3 rings (SSSR count). The molecule has 0 bridgehead atoms. The zero-order chi connectivity index (χ0) is 13.4. The van der Waals surface area contributed by atoms with Gasteiger partial charge >= 0.3 is 26.2 Å². The molecule has 0 saturated carbocycles. The zero-order valence-corrected chi connectivity index (χ0v) is 16.1. The molecule has 22 heavy (non-hydrogen) atoms. The first-order chi connectivity index (χ1) is 9.28. The molecule has 3 aromatic rings. The minimum Gasteiger partial charge on any atom is -0.505 e. The van der Waals surface area contributed by atoms with Crippen LogP contribution in [0.4, 0.5) is 0 Å². The van der Waals surface area contributed by atoms with Crippen molar-refractivity contribution in [2.24, 2.45) is 0 Å². The van der Waals surface area contributed by atoms with Gasteiger partial charge in [0.15, 0.2) is 0 Å². The topological polar surface area (TPSA) is 27.7 Å². The Kier molecular flexibility index (Phi) is 7.76. The van der Waals surface area contributed by atoms with Crippen LogP contribution in [0.2, 0.25) is 0 Å². The Balaban J connectivity index is 0.00000147. The van der Waals surface area contributed by atoms with Crippen molar-refractivity contribution in [3.05, 3.63) is 51.3 Å². The largest absolute Gasteiger partial charge is 3.00 e. The quantitative estimate of drug-likeness (QED) is 0.624. The predicted molar refractivity (Wildman–Crippen MR) is 89.5 cm³/mol. The van der Waals surface area contributed by atoms with Gasteiger partial charge in [0.05, 0.1) is 27.1 Å². The molecule has 0 aliphatic carbocycles. The number of methoxy groups -OCH3 is 3. The second-order valence-electron chi connectivity index (χ2n) is 4.36. The first kappa shape index (κ1) is 20.6. The van der Waals surface area contributed by atoms with E-state index in [0.717, 1.165) is 38.8 Å². The molecule has 0 aliphatic rings. The summed E-state index contributed by atoms with van der Waals surface area (Å²) in [7, 11) is 4.99. The number of fused-ring (bicyclic) bond motifs is 3. The summed E-state index contributed by atoms with van der Waals surface area (Å²) in [4.78, 5) is 0. The standard InChI is InChI=1S/C16H15O3.2CH3.Zr/c1-17-12-5-6-13-11(9-12)8-10-4-7-14(18-2)16(19-3)15(10)13;;;/h4-9H,1-3H3;2*1H3;/q3*-1;+3. The van der Waals surface area contributed by atoms with Crippen LogP contribution in [0.5, 0.6) is 17.2 Å². The van der Waals surface area contributed by atoms with Crippen molar-refractivity contribution in [1.82, 2.24) is 0 Å². The van der Waals surface area contributed by atoms with E-state index in [2.05, 4.69) is 12.1 Å². The van der Waals surface area contributed by atoms with Crippen molar-refractivity contribution in [1.29, 1.82) is 0 Å². The van der Waals surface area contributed by atoms with Gasteiger partial charge in [-0.2, -0.15) is 0 Å². The number of benzene rings is 2. The van der Waals surface area contributed by atoms with Crippen molar-refractivity contribution in [3.8, 4) is 17.2 Å².